The van der Waals surface area contributed by atoms with Gasteiger partial charge in [-0.3, -0.25) is 14.9 Å². The predicted octanol–water partition coefficient (Wildman–Crippen LogP) is 2.52. The topological polar surface area (TPSA) is 97.9 Å². The molecule has 2 amide bonds. The summed E-state index contributed by atoms with van der Waals surface area (Å²) in [6.45, 7) is 0. The van der Waals surface area contributed by atoms with Crippen LogP contribution in [0.2, 0.25) is 0 Å². The third kappa shape index (κ3) is 6.08. The van der Waals surface area contributed by atoms with Crippen LogP contribution in [0.15, 0.2) is 36.4 Å². The highest BCUT2D eigenvalue weighted by atomic mass is 32.1. The second-order valence-corrected chi connectivity index (χ2v) is 6.60. The van der Waals surface area contributed by atoms with Gasteiger partial charge in [0.1, 0.15) is 0 Å². The van der Waals surface area contributed by atoms with Crippen LogP contribution >= 0.6 is 12.2 Å². The summed E-state index contributed by atoms with van der Waals surface area (Å²) in [5.41, 5.74) is 2.05. The number of rotatable bonds is 8. The van der Waals surface area contributed by atoms with E-state index in [2.05, 4.69) is 16.0 Å². The van der Waals surface area contributed by atoms with Gasteiger partial charge in [-0.1, -0.05) is 12.1 Å². The van der Waals surface area contributed by atoms with Gasteiger partial charge in [0, 0.05) is 24.7 Å². The summed E-state index contributed by atoms with van der Waals surface area (Å²) in [7, 11) is 6.05. The second kappa shape index (κ2) is 11.0. The zero-order chi connectivity index (χ0) is 22.1. The fourth-order valence-corrected chi connectivity index (χ4v) is 2.90. The molecule has 0 bridgehead atoms. The Balaban J connectivity index is 2.01. The maximum Gasteiger partial charge on any atom is 0.257 e. The molecule has 2 aromatic carbocycles. The first kappa shape index (κ1) is 23.0. The summed E-state index contributed by atoms with van der Waals surface area (Å²) in [5.74, 6) is 0.706. The third-order valence-electron chi connectivity index (χ3n) is 4.29. The van der Waals surface area contributed by atoms with Gasteiger partial charge in [0.2, 0.25) is 11.7 Å². The average molecular weight is 432 g/mol. The van der Waals surface area contributed by atoms with Crippen molar-refractivity contribution in [3.8, 4) is 17.2 Å². The summed E-state index contributed by atoms with van der Waals surface area (Å²) in [4.78, 5) is 23.9. The number of carbonyl (C=O) groups excluding carboxylic acids is 2. The van der Waals surface area contributed by atoms with Crippen molar-refractivity contribution in [1.29, 1.82) is 0 Å². The molecule has 3 N–H and O–H groups in total. The van der Waals surface area contributed by atoms with Crippen molar-refractivity contribution < 1.29 is 23.8 Å². The highest BCUT2D eigenvalue weighted by Gasteiger charge is 2.17. The summed E-state index contributed by atoms with van der Waals surface area (Å²) in [6.07, 6.45) is 1.06. The van der Waals surface area contributed by atoms with E-state index < -0.39 is 5.91 Å². The zero-order valence-electron chi connectivity index (χ0n) is 17.3. The molecular formula is C21H25N3O5S. The van der Waals surface area contributed by atoms with E-state index in [1.807, 2.05) is 24.3 Å². The first-order chi connectivity index (χ1) is 14.4. The lowest BCUT2D eigenvalue weighted by Gasteiger charge is -2.14. The summed E-state index contributed by atoms with van der Waals surface area (Å²) >= 11 is 5.23. The number of carbonyl (C=O) groups is 2. The first-order valence-electron chi connectivity index (χ1n) is 9.13. The normalized spacial score (nSPS) is 10.0. The molecule has 9 heteroatoms. The number of methoxy groups -OCH3 is 3. The molecule has 8 nitrogen and oxygen atoms in total. The molecule has 0 spiro atoms. The molecular weight excluding hydrogens is 406 g/mol. The summed E-state index contributed by atoms with van der Waals surface area (Å²) in [5, 5.41) is 8.32. The summed E-state index contributed by atoms with van der Waals surface area (Å²) in [6, 6.07) is 10.5. The minimum absolute atomic E-state index is 0.00659. The number of anilines is 1. The highest BCUT2D eigenvalue weighted by molar-refractivity contribution is 7.80. The van der Waals surface area contributed by atoms with E-state index in [1.165, 1.54) is 21.3 Å². The quantitative estimate of drug-likeness (QED) is 0.553. The standard InChI is InChI=1S/C21H25N3O5S/c1-22-18(25)10-7-13-5-8-15(9-6-13)23-21(30)24-20(26)14-11-16(27-2)19(29-4)17(12-14)28-3/h5-6,8-9,11-12H,7,10H2,1-4H3,(H,22,25)(H2,23,24,26,30). The van der Waals surface area contributed by atoms with Crippen LogP contribution < -0.4 is 30.2 Å². The van der Waals surface area contributed by atoms with Crippen molar-refractivity contribution in [2.24, 2.45) is 0 Å². The van der Waals surface area contributed by atoms with Crippen LogP contribution in [0.1, 0.15) is 22.3 Å². The lowest BCUT2D eigenvalue weighted by atomic mass is 10.1. The van der Waals surface area contributed by atoms with Crippen molar-refractivity contribution >= 4 is 34.8 Å². The third-order valence-corrected chi connectivity index (χ3v) is 4.49. The fraction of sp³-hybridized carbons (Fsp3) is 0.286. The van der Waals surface area contributed by atoms with E-state index in [0.717, 1.165) is 5.56 Å². The van der Waals surface area contributed by atoms with Crippen LogP contribution in [0.4, 0.5) is 5.69 Å². The first-order valence-corrected chi connectivity index (χ1v) is 9.54. The molecule has 0 aliphatic rings. The van der Waals surface area contributed by atoms with Gasteiger partial charge in [-0.05, 0) is 48.5 Å². The van der Waals surface area contributed by atoms with E-state index in [1.54, 1.807) is 19.2 Å². The number of benzene rings is 2. The van der Waals surface area contributed by atoms with Crippen molar-refractivity contribution in [2.75, 3.05) is 33.7 Å². The van der Waals surface area contributed by atoms with Crippen molar-refractivity contribution in [3.63, 3.8) is 0 Å². The smallest absolute Gasteiger partial charge is 0.257 e. The van der Waals surface area contributed by atoms with E-state index in [0.29, 0.717) is 41.3 Å². The molecule has 0 saturated heterocycles. The van der Waals surface area contributed by atoms with Crippen LogP contribution in [-0.4, -0.2) is 45.3 Å². The SMILES string of the molecule is CNC(=O)CCc1ccc(NC(=S)NC(=O)c2cc(OC)c(OC)c(OC)c2)cc1. The Kier molecular flexibility index (Phi) is 8.42. The molecule has 0 radical (unpaired) electrons. The van der Waals surface area contributed by atoms with Gasteiger partial charge in [-0.15, -0.1) is 0 Å². The van der Waals surface area contributed by atoms with E-state index >= 15 is 0 Å². The van der Waals surface area contributed by atoms with Crippen molar-refractivity contribution in [2.45, 2.75) is 12.8 Å². The van der Waals surface area contributed by atoms with Crippen LogP contribution in [0, 0.1) is 0 Å². The minimum atomic E-state index is -0.422. The number of aryl methyl sites for hydroxylation is 1. The van der Waals surface area contributed by atoms with E-state index in [4.69, 9.17) is 26.4 Å². The Bertz CT molecular complexity index is 890. The Morgan fingerprint density at radius 1 is 0.967 bits per heavy atom. The second-order valence-electron chi connectivity index (χ2n) is 6.19. The van der Waals surface area contributed by atoms with Gasteiger partial charge in [0.05, 0.1) is 21.3 Å². The molecule has 2 rings (SSSR count). The Labute approximate surface area is 180 Å². The number of thiocarbonyl (C=S) groups is 1. The lowest BCUT2D eigenvalue weighted by Crippen LogP contribution is -2.34. The zero-order valence-corrected chi connectivity index (χ0v) is 18.1. The van der Waals surface area contributed by atoms with Gasteiger partial charge in [0.15, 0.2) is 16.6 Å². The maximum atomic E-state index is 12.6. The van der Waals surface area contributed by atoms with Crippen LogP contribution in [0.5, 0.6) is 17.2 Å². The summed E-state index contributed by atoms with van der Waals surface area (Å²) < 4.78 is 15.8. The monoisotopic (exact) mass is 431 g/mol. The molecule has 2 aromatic rings. The predicted molar refractivity (Wildman–Crippen MR) is 119 cm³/mol. The Morgan fingerprint density at radius 3 is 2.07 bits per heavy atom. The molecule has 160 valence electrons. The van der Waals surface area contributed by atoms with Gasteiger partial charge < -0.3 is 24.8 Å². The van der Waals surface area contributed by atoms with Gasteiger partial charge in [-0.2, -0.15) is 0 Å². The molecule has 0 unspecified atom stereocenters. The van der Waals surface area contributed by atoms with E-state index in [9.17, 15) is 9.59 Å². The number of ether oxygens (including phenoxy) is 3. The number of amides is 2. The highest BCUT2D eigenvalue weighted by Crippen LogP contribution is 2.38. The van der Waals surface area contributed by atoms with Crippen LogP contribution in [0.3, 0.4) is 0 Å². The largest absolute Gasteiger partial charge is 0.493 e. The number of hydrogen-bond acceptors (Lipinski definition) is 6. The molecule has 0 atom stereocenters. The molecule has 0 aliphatic carbocycles. The number of nitrogens with one attached hydrogen (secondary N) is 3. The number of hydrogen-bond donors (Lipinski definition) is 3. The lowest BCUT2D eigenvalue weighted by molar-refractivity contribution is -0.120. The molecule has 0 aromatic heterocycles. The molecule has 0 fully saturated rings. The van der Waals surface area contributed by atoms with Crippen LogP contribution in [-0.2, 0) is 11.2 Å². The van der Waals surface area contributed by atoms with Gasteiger partial charge >= 0.3 is 0 Å². The van der Waals surface area contributed by atoms with E-state index in [-0.39, 0.29) is 11.0 Å². The van der Waals surface area contributed by atoms with Crippen molar-refractivity contribution in [1.82, 2.24) is 10.6 Å². The molecule has 0 heterocycles. The van der Waals surface area contributed by atoms with Crippen LogP contribution in [0.25, 0.3) is 0 Å². The van der Waals surface area contributed by atoms with Gasteiger partial charge in [-0.25, -0.2) is 0 Å². The van der Waals surface area contributed by atoms with Crippen molar-refractivity contribution in [3.05, 3.63) is 47.5 Å². The fourth-order valence-electron chi connectivity index (χ4n) is 2.69. The maximum absolute atomic E-state index is 12.6. The molecule has 0 saturated carbocycles. The van der Waals surface area contributed by atoms with Gasteiger partial charge in [0.25, 0.3) is 5.91 Å². The Hall–Kier alpha value is -3.33. The molecule has 30 heavy (non-hydrogen) atoms. The average Bonchev–Trinajstić information content (AvgIpc) is 2.76. The molecule has 0 aliphatic heterocycles. The Morgan fingerprint density at radius 2 is 1.57 bits per heavy atom. The minimum Gasteiger partial charge on any atom is -0.493 e.